The molecule has 0 unspecified atom stereocenters. The van der Waals surface area contributed by atoms with Crippen LogP contribution in [0.5, 0.6) is 0 Å². The lowest BCUT2D eigenvalue weighted by atomic mass is 10.1. The first-order valence-electron chi connectivity index (χ1n) is 10.0. The van der Waals surface area contributed by atoms with Crippen LogP contribution in [0.1, 0.15) is 22.3 Å². The molecule has 0 saturated heterocycles. The number of aryl methyl sites for hydroxylation is 2. The minimum atomic E-state index is -4.16. The summed E-state index contributed by atoms with van der Waals surface area (Å²) in [5.74, 6) is -0.131. The van der Waals surface area contributed by atoms with Gasteiger partial charge in [0.1, 0.15) is 5.84 Å². The van der Waals surface area contributed by atoms with E-state index in [0.29, 0.717) is 16.1 Å². The number of hydrogen-bond acceptors (Lipinski definition) is 4. The third-order valence-corrected chi connectivity index (χ3v) is 8.49. The van der Waals surface area contributed by atoms with Gasteiger partial charge in [0.15, 0.2) is 0 Å². The van der Waals surface area contributed by atoms with E-state index in [2.05, 4.69) is 4.40 Å². The molecule has 3 aromatic carbocycles. The van der Waals surface area contributed by atoms with E-state index in [1.807, 2.05) is 13.8 Å². The van der Waals surface area contributed by atoms with Crippen LogP contribution in [0.3, 0.4) is 0 Å². The van der Waals surface area contributed by atoms with Gasteiger partial charge >= 0.3 is 0 Å². The van der Waals surface area contributed by atoms with Crippen molar-refractivity contribution < 1.29 is 16.8 Å². The standard InChI is InChI=1S/C24H21ClN2O4S2/c1-17-3-9-22(10-4-17)32(28,29)26-24-16-19-7-8-21(25)15-20(19)13-14-27(24)33(30,31)23-11-5-18(2)6-12-23/h3-15H,16H2,1-2H3/b26-24+. The summed E-state index contributed by atoms with van der Waals surface area (Å²) in [5.41, 5.74) is 3.19. The molecular weight excluding hydrogens is 480 g/mol. The van der Waals surface area contributed by atoms with Crippen LogP contribution in [-0.2, 0) is 26.5 Å². The highest BCUT2D eigenvalue weighted by molar-refractivity contribution is 7.91. The minimum Gasteiger partial charge on any atom is -0.227 e. The van der Waals surface area contributed by atoms with Gasteiger partial charge in [-0.3, -0.25) is 0 Å². The van der Waals surface area contributed by atoms with E-state index in [-0.39, 0.29) is 22.0 Å². The normalized spacial score (nSPS) is 15.4. The maximum Gasteiger partial charge on any atom is 0.283 e. The topological polar surface area (TPSA) is 83.9 Å². The van der Waals surface area contributed by atoms with E-state index in [0.717, 1.165) is 15.4 Å². The zero-order valence-electron chi connectivity index (χ0n) is 17.9. The van der Waals surface area contributed by atoms with E-state index in [1.54, 1.807) is 48.5 Å². The second-order valence-corrected chi connectivity index (χ2v) is 11.6. The average Bonchev–Trinajstić information content (AvgIpc) is 2.93. The Bertz CT molecular complexity index is 1480. The quantitative estimate of drug-likeness (QED) is 0.506. The van der Waals surface area contributed by atoms with E-state index in [1.165, 1.54) is 30.5 Å². The van der Waals surface area contributed by atoms with Gasteiger partial charge in [0.05, 0.1) is 9.79 Å². The molecule has 0 atom stereocenters. The fourth-order valence-electron chi connectivity index (χ4n) is 3.38. The summed E-state index contributed by atoms with van der Waals surface area (Å²) in [6.07, 6.45) is 2.89. The van der Waals surface area contributed by atoms with Crippen LogP contribution in [0.4, 0.5) is 0 Å². The molecule has 0 aliphatic carbocycles. The van der Waals surface area contributed by atoms with Crippen LogP contribution < -0.4 is 0 Å². The van der Waals surface area contributed by atoms with Crippen LogP contribution in [-0.4, -0.2) is 27.0 Å². The smallest absolute Gasteiger partial charge is 0.227 e. The Morgan fingerprint density at radius 2 is 1.39 bits per heavy atom. The Hall–Kier alpha value is -2.94. The Morgan fingerprint density at radius 1 is 0.818 bits per heavy atom. The van der Waals surface area contributed by atoms with Crippen molar-refractivity contribution in [2.24, 2.45) is 4.40 Å². The molecule has 3 aromatic rings. The summed E-state index contributed by atoms with van der Waals surface area (Å²) < 4.78 is 58.1. The molecule has 1 aliphatic heterocycles. The molecule has 0 radical (unpaired) electrons. The highest BCUT2D eigenvalue weighted by Gasteiger charge is 2.30. The highest BCUT2D eigenvalue weighted by atomic mass is 35.5. The largest absolute Gasteiger partial charge is 0.283 e. The number of hydrogen-bond donors (Lipinski definition) is 0. The molecule has 0 bridgehead atoms. The van der Waals surface area contributed by atoms with Gasteiger partial charge in [0.25, 0.3) is 20.0 Å². The van der Waals surface area contributed by atoms with Gasteiger partial charge in [-0.05, 0) is 67.4 Å². The van der Waals surface area contributed by atoms with Crippen LogP contribution in [0.25, 0.3) is 6.08 Å². The molecular formula is C24H21ClN2O4S2. The number of sulfonamides is 2. The Labute approximate surface area is 199 Å². The number of halogens is 1. The van der Waals surface area contributed by atoms with Gasteiger partial charge in [0, 0.05) is 17.6 Å². The third-order valence-electron chi connectivity index (χ3n) is 5.22. The molecule has 1 heterocycles. The van der Waals surface area contributed by atoms with Crippen molar-refractivity contribution in [3.63, 3.8) is 0 Å². The molecule has 170 valence electrons. The van der Waals surface area contributed by atoms with Crippen molar-refractivity contribution in [1.29, 1.82) is 0 Å². The van der Waals surface area contributed by atoms with Gasteiger partial charge in [-0.15, -0.1) is 4.40 Å². The molecule has 0 aromatic heterocycles. The van der Waals surface area contributed by atoms with Crippen molar-refractivity contribution >= 4 is 43.6 Å². The van der Waals surface area contributed by atoms with Crippen molar-refractivity contribution in [3.8, 4) is 0 Å². The fraction of sp³-hybridized carbons (Fsp3) is 0.125. The molecule has 1 aliphatic rings. The fourth-order valence-corrected chi connectivity index (χ4v) is 5.94. The van der Waals surface area contributed by atoms with Crippen molar-refractivity contribution in [2.45, 2.75) is 30.1 Å². The second kappa shape index (κ2) is 8.78. The summed E-state index contributed by atoms with van der Waals surface area (Å²) in [5, 5.41) is 0.485. The zero-order chi connectivity index (χ0) is 23.8. The van der Waals surface area contributed by atoms with E-state index < -0.39 is 20.0 Å². The summed E-state index contributed by atoms with van der Waals surface area (Å²) in [6, 6.07) is 17.7. The molecule has 6 nitrogen and oxygen atoms in total. The van der Waals surface area contributed by atoms with Crippen LogP contribution in [0.2, 0.25) is 5.02 Å². The Morgan fingerprint density at radius 3 is 2.00 bits per heavy atom. The lowest BCUT2D eigenvalue weighted by Crippen LogP contribution is -2.33. The SMILES string of the molecule is Cc1ccc(S(=O)(=O)/N=C2\Cc3ccc(Cl)cc3C=CN2S(=O)(=O)c2ccc(C)cc2)cc1. The summed E-state index contributed by atoms with van der Waals surface area (Å²) >= 11 is 6.11. The third kappa shape index (κ3) is 4.88. The Kier molecular flexibility index (Phi) is 6.18. The first-order chi connectivity index (χ1) is 15.6. The lowest BCUT2D eigenvalue weighted by molar-refractivity contribution is 0.562. The number of fused-ring (bicyclic) bond motifs is 1. The lowest BCUT2D eigenvalue weighted by Gasteiger charge is -2.21. The summed E-state index contributed by atoms with van der Waals surface area (Å²) in [6.45, 7) is 3.69. The highest BCUT2D eigenvalue weighted by Crippen LogP contribution is 2.27. The van der Waals surface area contributed by atoms with Crippen LogP contribution >= 0.6 is 11.6 Å². The van der Waals surface area contributed by atoms with Gasteiger partial charge < -0.3 is 0 Å². The van der Waals surface area contributed by atoms with Gasteiger partial charge in [-0.25, -0.2) is 12.7 Å². The second-order valence-electron chi connectivity index (χ2n) is 7.75. The number of nitrogens with zero attached hydrogens (tertiary/aromatic N) is 2. The van der Waals surface area contributed by atoms with Gasteiger partial charge in [-0.2, -0.15) is 8.42 Å². The predicted octanol–water partition coefficient (Wildman–Crippen LogP) is 4.96. The van der Waals surface area contributed by atoms with E-state index in [4.69, 9.17) is 11.6 Å². The first-order valence-corrected chi connectivity index (χ1v) is 13.3. The predicted molar refractivity (Wildman–Crippen MR) is 130 cm³/mol. The molecule has 0 N–H and O–H groups in total. The molecule has 9 heteroatoms. The van der Waals surface area contributed by atoms with Crippen molar-refractivity contribution in [1.82, 2.24) is 4.31 Å². The minimum absolute atomic E-state index is 0.0159. The molecule has 0 saturated carbocycles. The molecule has 0 amide bonds. The van der Waals surface area contributed by atoms with Gasteiger partial charge in [0.2, 0.25) is 0 Å². The summed E-state index contributed by atoms with van der Waals surface area (Å²) in [7, 11) is -8.29. The number of benzene rings is 3. The van der Waals surface area contributed by atoms with Crippen molar-refractivity contribution in [2.75, 3.05) is 0 Å². The maximum atomic E-state index is 13.5. The number of amidine groups is 1. The van der Waals surface area contributed by atoms with Gasteiger partial charge in [-0.1, -0.05) is 53.1 Å². The number of rotatable bonds is 4. The van der Waals surface area contributed by atoms with E-state index in [9.17, 15) is 16.8 Å². The summed E-state index contributed by atoms with van der Waals surface area (Å²) in [4.78, 5) is 0.0139. The Balaban J connectivity index is 1.88. The maximum absolute atomic E-state index is 13.5. The molecule has 4 rings (SSSR count). The monoisotopic (exact) mass is 500 g/mol. The zero-order valence-corrected chi connectivity index (χ0v) is 20.3. The van der Waals surface area contributed by atoms with E-state index >= 15 is 0 Å². The first kappa shape index (κ1) is 23.2. The van der Waals surface area contributed by atoms with Crippen LogP contribution in [0.15, 0.2) is 87.1 Å². The van der Waals surface area contributed by atoms with Crippen molar-refractivity contribution in [3.05, 3.63) is 100 Å². The molecule has 0 fully saturated rings. The molecule has 33 heavy (non-hydrogen) atoms. The molecule has 0 spiro atoms. The average molecular weight is 501 g/mol. The van der Waals surface area contributed by atoms with Crippen LogP contribution in [0, 0.1) is 13.8 Å².